The molecule has 3 rings (SSSR count). The molecule has 1 unspecified atom stereocenters. The fourth-order valence-electron chi connectivity index (χ4n) is 2.80. The van der Waals surface area contributed by atoms with Crippen LogP contribution in [0, 0.1) is 12.3 Å². The van der Waals surface area contributed by atoms with E-state index in [9.17, 15) is 17.2 Å². The lowest BCUT2D eigenvalue weighted by atomic mass is 10.1. The molecule has 1 aliphatic carbocycles. The van der Waals surface area contributed by atoms with Crippen LogP contribution in [0.3, 0.4) is 0 Å². The van der Waals surface area contributed by atoms with Gasteiger partial charge in [0.25, 0.3) is 0 Å². The predicted octanol–water partition coefficient (Wildman–Crippen LogP) is 2.12. The Labute approximate surface area is 208 Å². The summed E-state index contributed by atoms with van der Waals surface area (Å²) >= 11 is -2.52. The van der Waals surface area contributed by atoms with Crippen molar-refractivity contribution in [2.45, 2.75) is 29.6 Å². The summed E-state index contributed by atoms with van der Waals surface area (Å²) in [6, 6.07) is 11.3. The van der Waals surface area contributed by atoms with Crippen LogP contribution in [0.5, 0.6) is 11.5 Å². The van der Waals surface area contributed by atoms with Crippen molar-refractivity contribution in [3.8, 4) is 11.5 Å². The van der Waals surface area contributed by atoms with Gasteiger partial charge in [-0.1, -0.05) is 12.1 Å². The largest absolute Gasteiger partial charge is 0.768 e. The zero-order valence-corrected chi connectivity index (χ0v) is 21.5. The molecular weight excluding hydrogens is 506 g/mol. The summed E-state index contributed by atoms with van der Waals surface area (Å²) < 4.78 is 54.4. The SMILES string of the molecule is COc1cc(C)cc(OCC2(CON=C(N)N)CC2)c1.CS(=O)(=O)c1ccccc1S(=O)[O-].Cl. The number of methoxy groups -OCH3 is 1. The number of sulfone groups is 1. The van der Waals surface area contributed by atoms with Gasteiger partial charge in [-0.2, -0.15) is 0 Å². The molecule has 10 nitrogen and oxygen atoms in total. The highest BCUT2D eigenvalue weighted by Gasteiger charge is 2.45. The molecule has 0 spiro atoms. The van der Waals surface area contributed by atoms with Crippen LogP contribution in [-0.2, 0) is 25.8 Å². The van der Waals surface area contributed by atoms with Crippen LogP contribution in [0.25, 0.3) is 0 Å². The molecule has 1 atom stereocenters. The van der Waals surface area contributed by atoms with E-state index in [1.807, 2.05) is 25.1 Å². The maximum Gasteiger partial charge on any atom is 0.228 e. The van der Waals surface area contributed by atoms with E-state index < -0.39 is 20.9 Å². The third-order valence-electron chi connectivity index (χ3n) is 4.73. The minimum Gasteiger partial charge on any atom is -0.768 e. The van der Waals surface area contributed by atoms with Gasteiger partial charge in [-0.05, 0) is 65.8 Å². The van der Waals surface area contributed by atoms with E-state index in [2.05, 4.69) is 5.16 Å². The van der Waals surface area contributed by atoms with Crippen molar-refractivity contribution in [1.82, 2.24) is 0 Å². The zero-order chi connectivity index (χ0) is 24.6. The second kappa shape index (κ2) is 12.8. The van der Waals surface area contributed by atoms with E-state index >= 15 is 0 Å². The van der Waals surface area contributed by atoms with Crippen molar-refractivity contribution >= 4 is 39.3 Å². The second-order valence-corrected chi connectivity index (χ2v) is 10.6. The monoisotopic (exact) mass is 534 g/mol. The summed E-state index contributed by atoms with van der Waals surface area (Å²) in [5, 5.41) is 3.54. The van der Waals surface area contributed by atoms with Crippen LogP contribution in [0.4, 0.5) is 0 Å². The third-order valence-corrected chi connectivity index (χ3v) is 6.73. The Morgan fingerprint density at radius 1 is 1.15 bits per heavy atom. The quantitative estimate of drug-likeness (QED) is 0.212. The minimum absolute atomic E-state index is 0. The summed E-state index contributed by atoms with van der Waals surface area (Å²) in [6.07, 6.45) is 3.07. The van der Waals surface area contributed by atoms with Crippen LogP contribution in [-0.4, -0.2) is 49.7 Å². The molecule has 0 aliphatic heterocycles. The molecule has 1 aliphatic rings. The molecule has 34 heavy (non-hydrogen) atoms. The topological polar surface area (TPSA) is 166 Å². The Balaban J connectivity index is 0.000000360. The summed E-state index contributed by atoms with van der Waals surface area (Å²) in [5.41, 5.74) is 11.5. The van der Waals surface area contributed by atoms with E-state index in [1.165, 1.54) is 24.3 Å². The molecule has 0 bridgehead atoms. The highest BCUT2D eigenvalue weighted by atomic mass is 35.5. The maximum absolute atomic E-state index is 11.1. The summed E-state index contributed by atoms with van der Waals surface area (Å²) in [5.74, 6) is 1.53. The molecule has 4 N–H and O–H groups in total. The predicted molar refractivity (Wildman–Crippen MR) is 131 cm³/mol. The smallest absolute Gasteiger partial charge is 0.228 e. The number of guanidine groups is 1. The number of hydrogen-bond donors (Lipinski definition) is 2. The minimum atomic E-state index is -3.47. The van der Waals surface area contributed by atoms with Crippen molar-refractivity contribution in [1.29, 1.82) is 0 Å². The molecule has 0 amide bonds. The van der Waals surface area contributed by atoms with Crippen molar-refractivity contribution < 1.29 is 31.5 Å². The lowest BCUT2D eigenvalue weighted by molar-refractivity contribution is 0.0714. The number of halogens is 1. The average molecular weight is 535 g/mol. The van der Waals surface area contributed by atoms with Gasteiger partial charge < -0.3 is 30.3 Å². The van der Waals surface area contributed by atoms with Crippen LogP contribution in [0.2, 0.25) is 0 Å². The van der Waals surface area contributed by atoms with E-state index in [0.29, 0.717) is 13.2 Å². The molecule has 190 valence electrons. The molecule has 2 aromatic rings. The molecule has 0 aromatic heterocycles. The lowest BCUT2D eigenvalue weighted by Gasteiger charge is -2.15. The first-order valence-electron chi connectivity index (χ1n) is 9.83. The Morgan fingerprint density at radius 2 is 1.76 bits per heavy atom. The number of nitrogens with two attached hydrogens (primary N) is 2. The molecule has 0 radical (unpaired) electrons. The van der Waals surface area contributed by atoms with Crippen molar-refractivity contribution in [3.63, 3.8) is 0 Å². The van der Waals surface area contributed by atoms with Gasteiger partial charge in [-0.3, -0.25) is 4.21 Å². The molecule has 0 saturated heterocycles. The fourth-order valence-corrected chi connectivity index (χ4v) is 4.64. The Hall–Kier alpha value is -2.54. The summed E-state index contributed by atoms with van der Waals surface area (Å²) in [7, 11) is -1.83. The van der Waals surface area contributed by atoms with Crippen LogP contribution < -0.4 is 20.9 Å². The van der Waals surface area contributed by atoms with Crippen LogP contribution >= 0.6 is 12.4 Å². The lowest BCUT2D eigenvalue weighted by Crippen LogP contribution is -2.24. The fraction of sp³-hybridized carbons (Fsp3) is 0.381. The first kappa shape index (κ1) is 29.5. The van der Waals surface area contributed by atoms with Crippen LogP contribution in [0.1, 0.15) is 18.4 Å². The molecule has 13 heteroatoms. The van der Waals surface area contributed by atoms with Gasteiger partial charge in [0.15, 0.2) is 9.84 Å². The molecule has 1 fully saturated rings. The van der Waals surface area contributed by atoms with Crippen molar-refractivity contribution in [2.75, 3.05) is 26.6 Å². The first-order chi connectivity index (χ1) is 15.5. The number of aryl methyl sites for hydroxylation is 1. The number of hydrogen-bond acceptors (Lipinski definition) is 8. The maximum atomic E-state index is 11.1. The number of rotatable bonds is 9. The van der Waals surface area contributed by atoms with E-state index in [-0.39, 0.29) is 33.6 Å². The summed E-state index contributed by atoms with van der Waals surface area (Å²) in [6.45, 7) is 3.05. The summed E-state index contributed by atoms with van der Waals surface area (Å²) in [4.78, 5) is 4.76. The van der Waals surface area contributed by atoms with Crippen LogP contribution in [0.15, 0.2) is 57.4 Å². The number of oxime groups is 1. The van der Waals surface area contributed by atoms with Gasteiger partial charge >= 0.3 is 0 Å². The molecular formula is C21H29ClN3O7S2-. The van der Waals surface area contributed by atoms with Gasteiger partial charge in [0.1, 0.15) is 18.1 Å². The van der Waals surface area contributed by atoms with Gasteiger partial charge in [0.2, 0.25) is 5.96 Å². The second-order valence-electron chi connectivity index (χ2n) is 7.72. The average Bonchev–Trinajstić information content (AvgIpc) is 3.51. The number of ether oxygens (including phenoxy) is 2. The van der Waals surface area contributed by atoms with E-state index in [1.54, 1.807) is 7.11 Å². The number of benzene rings is 2. The molecule has 1 saturated carbocycles. The Morgan fingerprint density at radius 3 is 2.26 bits per heavy atom. The van der Waals surface area contributed by atoms with Gasteiger partial charge in [-0.25, -0.2) is 8.42 Å². The Kier molecular flexibility index (Phi) is 11.1. The van der Waals surface area contributed by atoms with E-state index in [0.717, 1.165) is 36.2 Å². The standard InChI is InChI=1S/C14H21N3O3.C7H8O4S2.ClH/c1-10-5-11(18-2)7-12(6-10)19-8-14(3-4-14)9-20-17-13(15)16;1-13(10,11)7-5-3-2-4-6(7)12(8)9;/h5-7H,3-4,8-9H2,1-2H3,(H4,15,16,17);2-5H,1H3,(H,8,9);1H/p-1. The van der Waals surface area contributed by atoms with Gasteiger partial charge in [0, 0.05) is 22.6 Å². The first-order valence-corrected chi connectivity index (χ1v) is 12.8. The normalized spacial score (nSPS) is 14.4. The highest BCUT2D eigenvalue weighted by Crippen LogP contribution is 2.46. The molecule has 2 aromatic carbocycles. The number of nitrogens with zero attached hydrogens (tertiary/aromatic N) is 1. The van der Waals surface area contributed by atoms with Gasteiger partial charge in [0.05, 0.1) is 18.6 Å². The van der Waals surface area contributed by atoms with Crippen molar-refractivity contribution in [2.24, 2.45) is 22.0 Å². The van der Waals surface area contributed by atoms with E-state index in [4.69, 9.17) is 25.8 Å². The Bertz CT molecular complexity index is 1120. The molecule has 0 heterocycles. The zero-order valence-electron chi connectivity index (χ0n) is 19.1. The van der Waals surface area contributed by atoms with Gasteiger partial charge in [-0.15, -0.1) is 12.4 Å². The highest BCUT2D eigenvalue weighted by molar-refractivity contribution is 7.91. The third kappa shape index (κ3) is 9.37. The van der Waals surface area contributed by atoms with Crippen molar-refractivity contribution in [3.05, 3.63) is 48.0 Å².